The minimum absolute atomic E-state index is 0.228. The summed E-state index contributed by atoms with van der Waals surface area (Å²) in [5.41, 5.74) is 0.518. The van der Waals surface area contributed by atoms with Crippen molar-refractivity contribution in [3.63, 3.8) is 0 Å². The van der Waals surface area contributed by atoms with Gasteiger partial charge in [-0.25, -0.2) is 0 Å². The molecular formula is C14H11Cl2NO2. The van der Waals surface area contributed by atoms with Crippen LogP contribution in [0.1, 0.15) is 29.0 Å². The molecule has 19 heavy (non-hydrogen) atoms. The smallest absolute Gasteiger partial charge is 0.287 e. The monoisotopic (exact) mass is 295 g/mol. The van der Waals surface area contributed by atoms with E-state index in [1.807, 2.05) is 6.07 Å². The predicted molar refractivity (Wildman–Crippen MR) is 73.5 cm³/mol. The van der Waals surface area contributed by atoms with Gasteiger partial charge >= 0.3 is 0 Å². The normalized spacial score (nSPS) is 16.1. The van der Waals surface area contributed by atoms with Crippen LogP contribution in [0.5, 0.6) is 0 Å². The van der Waals surface area contributed by atoms with E-state index in [0.29, 0.717) is 15.8 Å². The number of carbonyl (C=O) groups is 1. The first-order valence-corrected chi connectivity index (χ1v) is 6.68. The van der Waals surface area contributed by atoms with Crippen LogP contribution < -0.4 is 5.32 Å². The molecule has 1 aromatic carbocycles. The molecule has 98 valence electrons. The Kier molecular flexibility index (Phi) is 3.03. The van der Waals surface area contributed by atoms with Crippen LogP contribution in [-0.2, 0) is 5.54 Å². The SMILES string of the molecule is O=C(NC1(c2ccc(Cl)cc2Cl)CC1)c1ccco1. The lowest BCUT2D eigenvalue weighted by Crippen LogP contribution is -2.34. The molecule has 0 radical (unpaired) electrons. The Morgan fingerprint density at radius 3 is 2.63 bits per heavy atom. The largest absolute Gasteiger partial charge is 0.459 e. The molecule has 2 aromatic rings. The molecule has 0 unspecified atom stereocenters. The van der Waals surface area contributed by atoms with Crippen molar-refractivity contribution in [2.45, 2.75) is 18.4 Å². The summed E-state index contributed by atoms with van der Waals surface area (Å²) in [5, 5.41) is 4.15. The predicted octanol–water partition coefficient (Wildman–Crippen LogP) is 4.01. The number of benzene rings is 1. The van der Waals surface area contributed by atoms with Crippen LogP contribution in [0, 0.1) is 0 Å². The van der Waals surface area contributed by atoms with Gasteiger partial charge in [0, 0.05) is 10.0 Å². The van der Waals surface area contributed by atoms with E-state index in [4.69, 9.17) is 27.6 Å². The highest BCUT2D eigenvalue weighted by Gasteiger charge is 2.47. The molecule has 0 saturated heterocycles. The third kappa shape index (κ3) is 2.36. The maximum atomic E-state index is 12.0. The third-order valence-electron chi connectivity index (χ3n) is 3.29. The Bertz CT molecular complexity index is 618. The van der Waals surface area contributed by atoms with Crippen molar-refractivity contribution in [3.8, 4) is 0 Å². The highest BCUT2D eigenvalue weighted by molar-refractivity contribution is 6.35. The first kappa shape index (κ1) is 12.6. The standard InChI is InChI=1S/C14H11Cl2NO2/c15-9-3-4-10(11(16)8-9)14(5-6-14)17-13(18)12-2-1-7-19-12/h1-4,7-8H,5-6H2,(H,17,18). The molecule has 1 N–H and O–H groups in total. The van der Waals surface area contributed by atoms with E-state index in [9.17, 15) is 4.79 Å². The van der Waals surface area contributed by atoms with Crippen LogP contribution in [-0.4, -0.2) is 5.91 Å². The van der Waals surface area contributed by atoms with Gasteiger partial charge in [0.1, 0.15) is 0 Å². The highest BCUT2D eigenvalue weighted by atomic mass is 35.5. The lowest BCUT2D eigenvalue weighted by atomic mass is 10.0. The molecule has 1 heterocycles. The minimum atomic E-state index is -0.383. The zero-order valence-corrected chi connectivity index (χ0v) is 11.5. The average molecular weight is 296 g/mol. The number of carbonyl (C=O) groups excluding carboxylic acids is 1. The fraction of sp³-hybridized carbons (Fsp3) is 0.214. The van der Waals surface area contributed by atoms with Crippen molar-refractivity contribution < 1.29 is 9.21 Å². The summed E-state index contributed by atoms with van der Waals surface area (Å²) in [6, 6.07) is 8.65. The average Bonchev–Trinajstić information content (AvgIpc) is 2.93. The number of hydrogen-bond donors (Lipinski definition) is 1. The summed E-state index contributed by atoms with van der Waals surface area (Å²) < 4.78 is 5.09. The molecule has 5 heteroatoms. The second-order valence-electron chi connectivity index (χ2n) is 4.64. The quantitative estimate of drug-likeness (QED) is 0.930. The maximum absolute atomic E-state index is 12.0. The third-order valence-corrected chi connectivity index (χ3v) is 3.84. The summed E-state index contributed by atoms with van der Waals surface area (Å²) in [6.45, 7) is 0. The highest BCUT2D eigenvalue weighted by Crippen LogP contribution is 2.48. The van der Waals surface area contributed by atoms with Crippen LogP contribution >= 0.6 is 23.2 Å². The number of rotatable bonds is 3. The van der Waals surface area contributed by atoms with Gasteiger partial charge < -0.3 is 9.73 Å². The zero-order chi connectivity index (χ0) is 13.5. The Morgan fingerprint density at radius 2 is 2.05 bits per heavy atom. The van der Waals surface area contributed by atoms with E-state index in [-0.39, 0.29) is 11.4 Å². The van der Waals surface area contributed by atoms with Gasteiger partial charge in [0.05, 0.1) is 11.8 Å². The molecule has 0 aliphatic heterocycles. The van der Waals surface area contributed by atoms with Crippen molar-refractivity contribution in [1.82, 2.24) is 5.32 Å². The first-order valence-electron chi connectivity index (χ1n) is 5.92. The molecular weight excluding hydrogens is 285 g/mol. The molecule has 1 aliphatic carbocycles. The molecule has 1 aliphatic rings. The molecule has 1 aromatic heterocycles. The van der Waals surface area contributed by atoms with Crippen LogP contribution in [0.2, 0.25) is 10.0 Å². The second-order valence-corrected chi connectivity index (χ2v) is 5.48. The molecule has 0 atom stereocenters. The molecule has 0 spiro atoms. The lowest BCUT2D eigenvalue weighted by Gasteiger charge is -2.18. The number of furan rings is 1. The first-order chi connectivity index (χ1) is 9.11. The van der Waals surface area contributed by atoms with E-state index in [1.165, 1.54) is 6.26 Å². The Balaban J connectivity index is 1.86. The number of hydrogen-bond acceptors (Lipinski definition) is 2. The van der Waals surface area contributed by atoms with Crippen molar-refractivity contribution in [3.05, 3.63) is 58.0 Å². The van der Waals surface area contributed by atoms with Gasteiger partial charge in [-0.2, -0.15) is 0 Å². The lowest BCUT2D eigenvalue weighted by molar-refractivity contribution is 0.0902. The Labute approximate surface area is 120 Å². The van der Waals surface area contributed by atoms with Crippen molar-refractivity contribution in [1.29, 1.82) is 0 Å². The molecule has 1 fully saturated rings. The Hall–Kier alpha value is -1.45. The molecule has 3 rings (SSSR count). The summed E-state index contributed by atoms with van der Waals surface area (Å²) in [4.78, 5) is 12.0. The van der Waals surface area contributed by atoms with Gasteiger partial charge in [-0.05, 0) is 42.7 Å². The zero-order valence-electron chi connectivity index (χ0n) is 9.95. The fourth-order valence-corrected chi connectivity index (χ4v) is 2.74. The van der Waals surface area contributed by atoms with Gasteiger partial charge in [0.25, 0.3) is 5.91 Å². The molecule has 0 bridgehead atoms. The maximum Gasteiger partial charge on any atom is 0.287 e. The van der Waals surface area contributed by atoms with Gasteiger partial charge in [-0.1, -0.05) is 29.3 Å². The van der Waals surface area contributed by atoms with E-state index < -0.39 is 0 Å². The van der Waals surface area contributed by atoms with Crippen LogP contribution in [0.25, 0.3) is 0 Å². The van der Waals surface area contributed by atoms with Crippen molar-refractivity contribution in [2.75, 3.05) is 0 Å². The van der Waals surface area contributed by atoms with Gasteiger partial charge in [0.15, 0.2) is 5.76 Å². The summed E-state index contributed by atoms with van der Waals surface area (Å²) >= 11 is 12.1. The molecule has 3 nitrogen and oxygen atoms in total. The molecule has 1 saturated carbocycles. The number of nitrogens with one attached hydrogen (secondary N) is 1. The minimum Gasteiger partial charge on any atom is -0.459 e. The van der Waals surface area contributed by atoms with Crippen LogP contribution in [0.15, 0.2) is 41.0 Å². The summed E-state index contributed by atoms with van der Waals surface area (Å²) in [7, 11) is 0. The second kappa shape index (κ2) is 4.58. The fourth-order valence-electron chi connectivity index (χ4n) is 2.15. The van der Waals surface area contributed by atoms with E-state index in [0.717, 1.165) is 18.4 Å². The van der Waals surface area contributed by atoms with E-state index >= 15 is 0 Å². The van der Waals surface area contributed by atoms with Crippen molar-refractivity contribution >= 4 is 29.1 Å². The van der Waals surface area contributed by atoms with Crippen LogP contribution in [0.3, 0.4) is 0 Å². The topological polar surface area (TPSA) is 42.2 Å². The van der Waals surface area contributed by atoms with E-state index in [1.54, 1.807) is 24.3 Å². The van der Waals surface area contributed by atoms with Gasteiger partial charge in [-0.15, -0.1) is 0 Å². The molecule has 1 amide bonds. The van der Waals surface area contributed by atoms with E-state index in [2.05, 4.69) is 5.32 Å². The van der Waals surface area contributed by atoms with Crippen molar-refractivity contribution in [2.24, 2.45) is 0 Å². The number of amides is 1. The summed E-state index contributed by atoms with van der Waals surface area (Å²) in [5.74, 6) is 0.0740. The number of halogens is 2. The van der Waals surface area contributed by atoms with Crippen LogP contribution in [0.4, 0.5) is 0 Å². The van der Waals surface area contributed by atoms with Gasteiger partial charge in [-0.3, -0.25) is 4.79 Å². The Morgan fingerprint density at radius 1 is 1.26 bits per heavy atom. The van der Waals surface area contributed by atoms with Gasteiger partial charge in [0.2, 0.25) is 0 Å². The summed E-state index contributed by atoms with van der Waals surface area (Å²) in [6.07, 6.45) is 3.20.